The van der Waals surface area contributed by atoms with Crippen LogP contribution >= 0.6 is 0 Å². The quantitative estimate of drug-likeness (QED) is 0.607. The maximum atomic E-state index is 12.9. The number of esters is 1. The van der Waals surface area contributed by atoms with E-state index in [-0.39, 0.29) is 17.3 Å². The molecule has 2 N–H and O–H groups in total. The van der Waals surface area contributed by atoms with Gasteiger partial charge in [0, 0.05) is 5.92 Å². The van der Waals surface area contributed by atoms with Crippen molar-refractivity contribution in [1.29, 1.82) is 0 Å². The van der Waals surface area contributed by atoms with Gasteiger partial charge in [0.2, 0.25) is 0 Å². The maximum Gasteiger partial charge on any atom is 0.338 e. The van der Waals surface area contributed by atoms with Gasteiger partial charge in [-0.3, -0.25) is 0 Å². The number of hydrogen-bond donors (Lipinski definition) is 2. The molecule has 28 heavy (non-hydrogen) atoms. The molecule has 0 spiro atoms. The zero-order valence-corrected chi connectivity index (χ0v) is 17.4. The lowest BCUT2D eigenvalue weighted by Crippen LogP contribution is -2.50. The molecule has 0 saturated heterocycles. The van der Waals surface area contributed by atoms with Crippen molar-refractivity contribution < 1.29 is 24.5 Å². The number of fused-ring (bicyclic) bond motifs is 1. The molecule has 1 saturated carbocycles. The fraction of sp³-hybridized carbons (Fsp3) is 0.609. The molecule has 2 aliphatic rings. The Labute approximate surface area is 167 Å². The van der Waals surface area contributed by atoms with Gasteiger partial charge in [-0.05, 0) is 73.4 Å². The summed E-state index contributed by atoms with van der Waals surface area (Å²) in [6.07, 6.45) is 2.65. The zero-order chi connectivity index (χ0) is 20.7. The molecule has 5 nitrogen and oxygen atoms in total. The van der Waals surface area contributed by atoms with Crippen LogP contribution in [0.1, 0.15) is 57.3 Å². The molecule has 2 aliphatic carbocycles. The van der Waals surface area contributed by atoms with Crippen LogP contribution in [0, 0.1) is 17.3 Å². The Morgan fingerprint density at radius 1 is 1.21 bits per heavy atom. The van der Waals surface area contributed by atoms with Crippen LogP contribution in [0.3, 0.4) is 0 Å². The van der Waals surface area contributed by atoms with Crippen LogP contribution in [0.5, 0.6) is 5.75 Å². The van der Waals surface area contributed by atoms with Gasteiger partial charge in [0.05, 0.1) is 24.4 Å². The fourth-order valence-corrected chi connectivity index (χ4v) is 5.05. The van der Waals surface area contributed by atoms with Gasteiger partial charge in [-0.15, -0.1) is 0 Å². The lowest BCUT2D eigenvalue weighted by Gasteiger charge is -2.43. The summed E-state index contributed by atoms with van der Waals surface area (Å²) in [4.78, 5) is 12.9. The van der Waals surface area contributed by atoms with Crippen LogP contribution < -0.4 is 4.74 Å². The first-order chi connectivity index (χ1) is 13.1. The van der Waals surface area contributed by atoms with E-state index in [1.54, 1.807) is 31.4 Å². The predicted octanol–water partition coefficient (Wildman–Crippen LogP) is 3.73. The number of ether oxygens (including phenoxy) is 2. The number of rotatable bonds is 4. The second-order valence-electron chi connectivity index (χ2n) is 9.01. The minimum atomic E-state index is -0.944. The summed E-state index contributed by atoms with van der Waals surface area (Å²) < 4.78 is 11.1. The van der Waals surface area contributed by atoms with E-state index >= 15 is 0 Å². The Morgan fingerprint density at radius 3 is 2.43 bits per heavy atom. The van der Waals surface area contributed by atoms with Crippen molar-refractivity contribution in [1.82, 2.24) is 0 Å². The molecule has 5 atom stereocenters. The summed E-state index contributed by atoms with van der Waals surface area (Å²) >= 11 is 0. The number of methoxy groups -OCH3 is 1. The molecule has 0 bridgehead atoms. The molecule has 1 aromatic rings. The predicted molar refractivity (Wildman–Crippen MR) is 107 cm³/mol. The smallest absolute Gasteiger partial charge is 0.338 e. The van der Waals surface area contributed by atoms with Crippen molar-refractivity contribution in [3.8, 4) is 5.75 Å². The number of carbonyl (C=O) groups excluding carboxylic acids is 1. The van der Waals surface area contributed by atoms with Crippen molar-refractivity contribution in [3.63, 3.8) is 0 Å². The summed E-state index contributed by atoms with van der Waals surface area (Å²) in [6, 6.07) is 6.79. The van der Waals surface area contributed by atoms with Crippen LogP contribution in [-0.4, -0.2) is 41.1 Å². The molecule has 0 radical (unpaired) electrons. The van der Waals surface area contributed by atoms with Gasteiger partial charge in [-0.2, -0.15) is 0 Å². The van der Waals surface area contributed by atoms with Gasteiger partial charge in [0.25, 0.3) is 0 Å². The van der Waals surface area contributed by atoms with Crippen molar-refractivity contribution in [2.45, 2.75) is 64.8 Å². The highest BCUT2D eigenvalue weighted by molar-refractivity contribution is 5.89. The van der Waals surface area contributed by atoms with Gasteiger partial charge in [0.1, 0.15) is 11.9 Å². The molecule has 154 valence electrons. The van der Waals surface area contributed by atoms with E-state index in [0.29, 0.717) is 24.2 Å². The van der Waals surface area contributed by atoms with E-state index in [2.05, 4.69) is 6.92 Å². The van der Waals surface area contributed by atoms with Crippen LogP contribution in [0.25, 0.3) is 0 Å². The second-order valence-corrected chi connectivity index (χ2v) is 9.01. The Hall–Kier alpha value is -1.85. The first-order valence-corrected chi connectivity index (χ1v) is 10.0. The lowest BCUT2D eigenvalue weighted by molar-refractivity contribution is -0.104. The number of aliphatic hydroxyl groups is 2. The van der Waals surface area contributed by atoms with Gasteiger partial charge in [-0.25, -0.2) is 4.79 Å². The molecule has 1 fully saturated rings. The largest absolute Gasteiger partial charge is 0.497 e. The molecule has 0 amide bonds. The molecule has 5 heteroatoms. The summed E-state index contributed by atoms with van der Waals surface area (Å²) in [5.74, 6) is -0.0179. The highest BCUT2D eigenvalue weighted by atomic mass is 16.5. The summed E-state index contributed by atoms with van der Waals surface area (Å²) in [7, 11) is 1.57. The van der Waals surface area contributed by atoms with Crippen molar-refractivity contribution >= 4 is 5.97 Å². The van der Waals surface area contributed by atoms with Gasteiger partial charge in [-0.1, -0.05) is 20.8 Å². The van der Waals surface area contributed by atoms with E-state index in [0.717, 1.165) is 12.0 Å². The number of hydrogen-bond acceptors (Lipinski definition) is 5. The average Bonchev–Trinajstić information content (AvgIpc) is 2.87. The first-order valence-electron chi connectivity index (χ1n) is 10.0. The minimum absolute atomic E-state index is 0.0189. The van der Waals surface area contributed by atoms with E-state index in [1.807, 2.05) is 26.8 Å². The van der Waals surface area contributed by atoms with Gasteiger partial charge in [0.15, 0.2) is 0 Å². The minimum Gasteiger partial charge on any atom is -0.497 e. The van der Waals surface area contributed by atoms with Crippen molar-refractivity contribution in [3.05, 3.63) is 41.5 Å². The molecular formula is C23H32O5. The highest BCUT2D eigenvalue weighted by Crippen LogP contribution is 2.58. The third kappa shape index (κ3) is 3.58. The van der Waals surface area contributed by atoms with E-state index in [1.165, 1.54) is 0 Å². The highest BCUT2D eigenvalue weighted by Gasteiger charge is 2.60. The third-order valence-corrected chi connectivity index (χ3v) is 6.90. The third-order valence-electron chi connectivity index (χ3n) is 6.90. The standard InChI is InChI=1S/C23H32O5/c1-14(2)23(26)11-10-22(4)13-18(24)15(3)12-19(20(22)23)28-21(25)16-6-8-17(27-5)9-7-16/h6-9,12,14,18-20,24,26H,10-11,13H2,1-5H3/t18-,19+,20-,22-,23-/m1/s1. The summed E-state index contributed by atoms with van der Waals surface area (Å²) in [6.45, 7) is 7.97. The molecule has 0 aliphatic heterocycles. The number of carbonyl (C=O) groups is 1. The van der Waals surface area contributed by atoms with E-state index in [9.17, 15) is 15.0 Å². The average molecular weight is 389 g/mol. The van der Waals surface area contributed by atoms with Crippen molar-refractivity contribution in [2.24, 2.45) is 17.3 Å². The molecule has 3 rings (SSSR count). The van der Waals surface area contributed by atoms with Gasteiger partial charge >= 0.3 is 5.97 Å². The summed E-state index contributed by atoms with van der Waals surface area (Å²) in [5.41, 5.74) is -0.0310. The number of aliphatic hydroxyl groups excluding tert-OH is 1. The van der Waals surface area contributed by atoms with Crippen molar-refractivity contribution in [2.75, 3.05) is 7.11 Å². The molecule has 1 aromatic carbocycles. The van der Waals surface area contributed by atoms with E-state index in [4.69, 9.17) is 9.47 Å². The Kier molecular flexibility index (Phi) is 5.61. The molecule has 0 heterocycles. The SMILES string of the molecule is COc1ccc(C(=O)O[C@H]2C=C(C)[C@H](O)C[C@@]3(C)CC[C@@](O)(C(C)C)[C@H]23)cc1. The van der Waals surface area contributed by atoms with Gasteiger partial charge < -0.3 is 19.7 Å². The van der Waals surface area contributed by atoms with Crippen LogP contribution in [0.4, 0.5) is 0 Å². The lowest BCUT2D eigenvalue weighted by atomic mass is 9.67. The second kappa shape index (κ2) is 7.53. The summed E-state index contributed by atoms with van der Waals surface area (Å²) in [5, 5.41) is 22.1. The topological polar surface area (TPSA) is 76.0 Å². The fourth-order valence-electron chi connectivity index (χ4n) is 5.05. The van der Waals surface area contributed by atoms with Crippen LogP contribution in [0.2, 0.25) is 0 Å². The maximum absolute atomic E-state index is 12.9. The Morgan fingerprint density at radius 2 is 1.86 bits per heavy atom. The molecule has 0 unspecified atom stereocenters. The Balaban J connectivity index is 1.95. The number of benzene rings is 1. The van der Waals surface area contributed by atoms with Crippen LogP contribution in [0.15, 0.2) is 35.9 Å². The van der Waals surface area contributed by atoms with E-state index < -0.39 is 23.8 Å². The molecule has 0 aromatic heterocycles. The monoisotopic (exact) mass is 388 g/mol. The Bertz CT molecular complexity index is 753. The molecular weight excluding hydrogens is 356 g/mol. The zero-order valence-electron chi connectivity index (χ0n) is 17.4. The first kappa shape index (κ1) is 20.9. The normalized spacial score (nSPS) is 35.1. The van der Waals surface area contributed by atoms with Crippen LogP contribution in [-0.2, 0) is 4.74 Å².